The minimum atomic E-state index is 0.179. The summed E-state index contributed by atoms with van der Waals surface area (Å²) in [5.41, 5.74) is 1.88. The third-order valence-electron chi connectivity index (χ3n) is 3.75. The van der Waals surface area contributed by atoms with E-state index in [2.05, 4.69) is 31.9 Å². The Morgan fingerprint density at radius 1 is 1.47 bits per heavy atom. The van der Waals surface area contributed by atoms with Gasteiger partial charge in [0.2, 0.25) is 0 Å². The van der Waals surface area contributed by atoms with Crippen molar-refractivity contribution in [2.24, 2.45) is 5.92 Å². The van der Waals surface area contributed by atoms with E-state index in [0.717, 1.165) is 46.9 Å². The van der Waals surface area contributed by atoms with Crippen molar-refractivity contribution in [1.82, 2.24) is 4.90 Å². The molecule has 1 saturated heterocycles. The van der Waals surface area contributed by atoms with Crippen LogP contribution in [-0.4, -0.2) is 29.2 Å². The zero-order valence-corrected chi connectivity index (χ0v) is 14.3. The quantitative estimate of drug-likeness (QED) is 0.703. The molecule has 0 saturated carbocycles. The Balaban J connectivity index is 2.12. The Morgan fingerprint density at radius 2 is 2.26 bits per heavy atom. The highest BCUT2D eigenvalue weighted by Gasteiger charge is 2.24. The van der Waals surface area contributed by atoms with Crippen molar-refractivity contribution in [3.8, 4) is 0 Å². The zero-order valence-electron chi connectivity index (χ0n) is 11.2. The Morgan fingerprint density at radius 3 is 3.00 bits per heavy atom. The number of amides is 1. The number of carbonyl (C=O) groups is 1. The van der Waals surface area contributed by atoms with Crippen molar-refractivity contribution in [3.05, 3.63) is 33.8 Å². The number of likely N-dealkylation sites (tertiary alicyclic amines) is 1. The topological polar surface area (TPSA) is 20.3 Å². The maximum atomic E-state index is 12.6. The molecule has 1 fully saturated rings. The number of hydrogen-bond acceptors (Lipinski definition) is 1. The molecule has 2 nitrogen and oxygen atoms in total. The van der Waals surface area contributed by atoms with Gasteiger partial charge in [-0.2, -0.15) is 0 Å². The van der Waals surface area contributed by atoms with Crippen LogP contribution in [0.3, 0.4) is 0 Å². The average molecular weight is 389 g/mol. The van der Waals surface area contributed by atoms with E-state index in [0.29, 0.717) is 5.92 Å². The Hall–Kier alpha value is -0.350. The van der Waals surface area contributed by atoms with Crippen LogP contribution in [0.5, 0.6) is 0 Å². The second-order valence-electron chi connectivity index (χ2n) is 5.20. The predicted molar refractivity (Wildman–Crippen MR) is 85.9 cm³/mol. The maximum absolute atomic E-state index is 12.6. The van der Waals surface area contributed by atoms with Crippen LogP contribution < -0.4 is 0 Å². The van der Waals surface area contributed by atoms with Crippen LogP contribution >= 0.6 is 31.9 Å². The molecule has 1 amide bonds. The van der Waals surface area contributed by atoms with Gasteiger partial charge in [0.1, 0.15) is 0 Å². The summed E-state index contributed by atoms with van der Waals surface area (Å²) in [5.74, 6) is 0.822. The summed E-state index contributed by atoms with van der Waals surface area (Å²) in [6.07, 6.45) is 3.52. The zero-order chi connectivity index (χ0) is 13.8. The van der Waals surface area contributed by atoms with Gasteiger partial charge in [-0.15, -0.1) is 0 Å². The van der Waals surface area contributed by atoms with Crippen LogP contribution in [0.2, 0.25) is 0 Å². The first-order valence-electron chi connectivity index (χ1n) is 6.73. The number of nitrogens with zero attached hydrogens (tertiary/aromatic N) is 1. The highest BCUT2D eigenvalue weighted by Crippen LogP contribution is 2.24. The first kappa shape index (κ1) is 15.0. The lowest BCUT2D eigenvalue weighted by Gasteiger charge is -2.33. The third-order valence-corrected chi connectivity index (χ3v) is 4.70. The van der Waals surface area contributed by atoms with E-state index in [9.17, 15) is 4.79 Å². The van der Waals surface area contributed by atoms with Gasteiger partial charge in [-0.05, 0) is 49.8 Å². The molecule has 104 valence electrons. The molecule has 0 aromatic heterocycles. The van der Waals surface area contributed by atoms with Crippen molar-refractivity contribution in [2.45, 2.75) is 26.2 Å². The molecule has 0 bridgehead atoms. The van der Waals surface area contributed by atoms with Gasteiger partial charge in [0, 0.05) is 28.5 Å². The van der Waals surface area contributed by atoms with Crippen LogP contribution in [0, 0.1) is 12.8 Å². The molecule has 1 aromatic rings. The van der Waals surface area contributed by atoms with Gasteiger partial charge >= 0.3 is 0 Å². The number of alkyl halides is 1. The van der Waals surface area contributed by atoms with Crippen LogP contribution in [0.4, 0.5) is 0 Å². The number of benzene rings is 1. The number of hydrogen-bond donors (Lipinski definition) is 0. The van der Waals surface area contributed by atoms with E-state index < -0.39 is 0 Å². The van der Waals surface area contributed by atoms with Crippen molar-refractivity contribution >= 4 is 37.8 Å². The number of rotatable bonds is 3. The second kappa shape index (κ2) is 6.89. The van der Waals surface area contributed by atoms with Crippen molar-refractivity contribution in [3.63, 3.8) is 0 Å². The van der Waals surface area contributed by atoms with Gasteiger partial charge in [-0.1, -0.05) is 37.9 Å². The third kappa shape index (κ3) is 3.82. The number of halogens is 2. The Bertz CT molecular complexity index is 459. The van der Waals surface area contributed by atoms with Crippen LogP contribution in [0.15, 0.2) is 22.7 Å². The number of piperidine rings is 1. The second-order valence-corrected chi connectivity index (χ2v) is 6.90. The molecule has 1 heterocycles. The molecule has 1 aliphatic rings. The van der Waals surface area contributed by atoms with Crippen molar-refractivity contribution in [2.75, 3.05) is 18.4 Å². The smallest absolute Gasteiger partial charge is 0.254 e. The van der Waals surface area contributed by atoms with E-state index in [1.165, 1.54) is 6.42 Å². The minimum Gasteiger partial charge on any atom is -0.338 e. The standard InChI is InChI=1S/C15H19Br2NO/c1-11-4-5-13(17)9-14(11)15(19)18-8-2-3-12(10-18)6-7-16/h4-5,9,12H,2-3,6-8,10H2,1H3. The van der Waals surface area contributed by atoms with Gasteiger partial charge in [0.05, 0.1) is 0 Å². The summed E-state index contributed by atoms with van der Waals surface area (Å²) >= 11 is 6.95. The maximum Gasteiger partial charge on any atom is 0.254 e. The predicted octanol–water partition coefficient (Wildman–Crippen LogP) is 4.39. The van der Waals surface area contributed by atoms with Gasteiger partial charge in [-0.3, -0.25) is 4.79 Å². The molecule has 0 radical (unpaired) electrons. The van der Waals surface area contributed by atoms with Gasteiger partial charge in [-0.25, -0.2) is 0 Å². The van der Waals surface area contributed by atoms with E-state index in [-0.39, 0.29) is 5.91 Å². The highest BCUT2D eigenvalue weighted by molar-refractivity contribution is 9.10. The minimum absolute atomic E-state index is 0.179. The van der Waals surface area contributed by atoms with Crippen LogP contribution in [-0.2, 0) is 0 Å². The first-order valence-corrected chi connectivity index (χ1v) is 8.64. The fourth-order valence-electron chi connectivity index (χ4n) is 2.63. The molecule has 0 spiro atoms. The molecule has 0 aliphatic carbocycles. The lowest BCUT2D eigenvalue weighted by atomic mass is 9.95. The molecule has 1 aromatic carbocycles. The summed E-state index contributed by atoms with van der Waals surface area (Å²) < 4.78 is 0.968. The summed E-state index contributed by atoms with van der Waals surface area (Å²) in [6, 6.07) is 5.92. The molecular weight excluding hydrogens is 370 g/mol. The molecule has 1 atom stereocenters. The fraction of sp³-hybridized carbons (Fsp3) is 0.533. The SMILES string of the molecule is Cc1ccc(Br)cc1C(=O)N1CCCC(CCBr)C1. The average Bonchev–Trinajstić information content (AvgIpc) is 2.41. The lowest BCUT2D eigenvalue weighted by molar-refractivity contribution is 0.0671. The van der Waals surface area contributed by atoms with Crippen molar-refractivity contribution in [1.29, 1.82) is 0 Å². The van der Waals surface area contributed by atoms with Gasteiger partial charge < -0.3 is 4.90 Å². The van der Waals surface area contributed by atoms with Gasteiger partial charge in [0.15, 0.2) is 0 Å². The van der Waals surface area contributed by atoms with Crippen LogP contribution in [0.25, 0.3) is 0 Å². The Kier molecular flexibility index (Phi) is 5.46. The number of carbonyl (C=O) groups excluding carboxylic acids is 1. The molecular formula is C15H19Br2NO. The summed E-state index contributed by atoms with van der Waals surface area (Å²) in [7, 11) is 0. The Labute approximate surface area is 131 Å². The largest absolute Gasteiger partial charge is 0.338 e. The molecule has 1 unspecified atom stereocenters. The highest BCUT2D eigenvalue weighted by atomic mass is 79.9. The molecule has 4 heteroatoms. The van der Waals surface area contributed by atoms with Gasteiger partial charge in [0.25, 0.3) is 5.91 Å². The monoisotopic (exact) mass is 387 g/mol. The van der Waals surface area contributed by atoms with E-state index >= 15 is 0 Å². The van der Waals surface area contributed by atoms with E-state index in [1.807, 2.05) is 30.0 Å². The molecule has 0 N–H and O–H groups in total. The van der Waals surface area contributed by atoms with E-state index in [4.69, 9.17) is 0 Å². The molecule has 19 heavy (non-hydrogen) atoms. The normalized spacial score (nSPS) is 19.5. The van der Waals surface area contributed by atoms with E-state index in [1.54, 1.807) is 0 Å². The van der Waals surface area contributed by atoms with Crippen LogP contribution in [0.1, 0.15) is 35.2 Å². The molecule has 1 aliphatic heterocycles. The summed E-state index contributed by atoms with van der Waals surface area (Å²) in [4.78, 5) is 14.6. The van der Waals surface area contributed by atoms with Crippen molar-refractivity contribution < 1.29 is 4.79 Å². The fourth-order valence-corrected chi connectivity index (χ4v) is 3.64. The lowest BCUT2D eigenvalue weighted by Crippen LogP contribution is -2.40. The number of aryl methyl sites for hydroxylation is 1. The summed E-state index contributed by atoms with van der Waals surface area (Å²) in [6.45, 7) is 3.79. The first-order chi connectivity index (χ1) is 9.11. The summed E-state index contributed by atoms with van der Waals surface area (Å²) in [5, 5.41) is 1.02. The molecule has 2 rings (SSSR count).